The van der Waals surface area contributed by atoms with Crippen LogP contribution in [-0.2, 0) is 13.0 Å². The van der Waals surface area contributed by atoms with Crippen LogP contribution < -0.4 is 10.1 Å². The highest BCUT2D eigenvalue weighted by atomic mass is 19.1. The highest BCUT2D eigenvalue weighted by molar-refractivity contribution is 5.48. The van der Waals surface area contributed by atoms with E-state index in [1.807, 2.05) is 18.2 Å². The minimum atomic E-state index is -0.351. The zero-order chi connectivity index (χ0) is 13.7. The maximum absolute atomic E-state index is 13.6. The molecule has 0 saturated carbocycles. The van der Waals surface area contributed by atoms with Crippen LogP contribution in [0, 0.1) is 5.82 Å². The summed E-state index contributed by atoms with van der Waals surface area (Å²) in [6.07, 6.45) is 0.995. The standard InChI is InChI=1S/C16H18FNO/c1-3-12-6-4-5-7-13(12)11-18-14-8-9-16(19-2)15(17)10-14/h4-10,18H,3,11H2,1-2H3. The van der Waals surface area contributed by atoms with Crippen LogP contribution in [0.5, 0.6) is 5.75 Å². The van der Waals surface area contributed by atoms with E-state index in [4.69, 9.17) is 4.74 Å². The van der Waals surface area contributed by atoms with Crippen LogP contribution in [-0.4, -0.2) is 7.11 Å². The zero-order valence-electron chi connectivity index (χ0n) is 11.2. The summed E-state index contributed by atoms with van der Waals surface area (Å²) >= 11 is 0. The minimum Gasteiger partial charge on any atom is -0.494 e. The molecule has 0 aliphatic rings. The van der Waals surface area contributed by atoms with Crippen molar-refractivity contribution in [2.24, 2.45) is 0 Å². The van der Waals surface area contributed by atoms with E-state index in [1.165, 1.54) is 24.3 Å². The number of rotatable bonds is 5. The second-order valence-corrected chi connectivity index (χ2v) is 4.33. The van der Waals surface area contributed by atoms with E-state index in [9.17, 15) is 4.39 Å². The normalized spacial score (nSPS) is 10.3. The highest BCUT2D eigenvalue weighted by Crippen LogP contribution is 2.21. The Morgan fingerprint density at radius 3 is 2.47 bits per heavy atom. The predicted molar refractivity (Wildman–Crippen MR) is 76.1 cm³/mol. The van der Waals surface area contributed by atoms with Crippen LogP contribution in [0.15, 0.2) is 42.5 Å². The molecule has 19 heavy (non-hydrogen) atoms. The van der Waals surface area contributed by atoms with Crippen molar-refractivity contribution in [1.29, 1.82) is 0 Å². The molecule has 3 heteroatoms. The topological polar surface area (TPSA) is 21.3 Å². The van der Waals surface area contributed by atoms with Crippen molar-refractivity contribution >= 4 is 5.69 Å². The van der Waals surface area contributed by atoms with E-state index >= 15 is 0 Å². The lowest BCUT2D eigenvalue weighted by atomic mass is 10.1. The van der Waals surface area contributed by atoms with Gasteiger partial charge < -0.3 is 10.1 Å². The number of hydrogen-bond acceptors (Lipinski definition) is 2. The summed E-state index contributed by atoms with van der Waals surface area (Å²) in [6, 6.07) is 13.2. The van der Waals surface area contributed by atoms with Crippen molar-refractivity contribution in [3.05, 3.63) is 59.4 Å². The molecule has 2 rings (SSSR count). The van der Waals surface area contributed by atoms with Crippen LogP contribution in [0.3, 0.4) is 0 Å². The van der Waals surface area contributed by atoms with E-state index in [-0.39, 0.29) is 11.6 Å². The van der Waals surface area contributed by atoms with Crippen LogP contribution in [0.4, 0.5) is 10.1 Å². The minimum absolute atomic E-state index is 0.263. The van der Waals surface area contributed by atoms with E-state index in [0.717, 1.165) is 12.1 Å². The van der Waals surface area contributed by atoms with Crippen LogP contribution in [0.2, 0.25) is 0 Å². The molecular formula is C16H18FNO. The van der Waals surface area contributed by atoms with Gasteiger partial charge in [-0.05, 0) is 29.7 Å². The molecular weight excluding hydrogens is 241 g/mol. The molecule has 2 aromatic rings. The number of halogens is 1. The average Bonchev–Trinajstić information content (AvgIpc) is 2.45. The Kier molecular flexibility index (Phi) is 4.39. The van der Waals surface area contributed by atoms with Gasteiger partial charge in [0.2, 0.25) is 0 Å². The Hall–Kier alpha value is -2.03. The van der Waals surface area contributed by atoms with Gasteiger partial charge in [0, 0.05) is 18.3 Å². The number of aryl methyl sites for hydroxylation is 1. The van der Waals surface area contributed by atoms with E-state index < -0.39 is 0 Å². The van der Waals surface area contributed by atoms with E-state index in [0.29, 0.717) is 6.54 Å². The van der Waals surface area contributed by atoms with Gasteiger partial charge >= 0.3 is 0 Å². The molecule has 2 nitrogen and oxygen atoms in total. The van der Waals surface area contributed by atoms with Crippen molar-refractivity contribution in [2.75, 3.05) is 12.4 Å². The molecule has 0 aliphatic carbocycles. The second kappa shape index (κ2) is 6.23. The lowest BCUT2D eigenvalue weighted by Gasteiger charge is -2.11. The Labute approximate surface area is 113 Å². The molecule has 0 aliphatic heterocycles. The van der Waals surface area contributed by atoms with Crippen molar-refractivity contribution in [1.82, 2.24) is 0 Å². The van der Waals surface area contributed by atoms with E-state index in [1.54, 1.807) is 6.07 Å². The van der Waals surface area contributed by atoms with Crippen molar-refractivity contribution in [2.45, 2.75) is 19.9 Å². The molecule has 0 heterocycles. The Balaban J connectivity index is 2.08. The van der Waals surface area contributed by atoms with E-state index in [2.05, 4.69) is 24.4 Å². The van der Waals surface area contributed by atoms with Gasteiger partial charge in [0.15, 0.2) is 11.6 Å². The molecule has 0 unspecified atom stereocenters. The van der Waals surface area contributed by atoms with Gasteiger partial charge in [-0.2, -0.15) is 0 Å². The Bertz CT molecular complexity index is 554. The van der Waals surface area contributed by atoms with Gasteiger partial charge in [0.05, 0.1) is 7.11 Å². The third kappa shape index (κ3) is 3.25. The van der Waals surface area contributed by atoms with Gasteiger partial charge in [-0.15, -0.1) is 0 Å². The van der Waals surface area contributed by atoms with Gasteiger partial charge in [-0.25, -0.2) is 4.39 Å². The quantitative estimate of drug-likeness (QED) is 0.876. The molecule has 0 fully saturated rings. The Morgan fingerprint density at radius 2 is 1.84 bits per heavy atom. The first-order valence-electron chi connectivity index (χ1n) is 6.38. The molecule has 0 atom stereocenters. The van der Waals surface area contributed by atoms with Gasteiger partial charge in [0.1, 0.15) is 0 Å². The number of nitrogens with one attached hydrogen (secondary N) is 1. The predicted octanol–water partition coefficient (Wildman–Crippen LogP) is 4.01. The summed E-state index contributed by atoms with van der Waals surface area (Å²) in [6.45, 7) is 2.82. The molecule has 0 aromatic heterocycles. The summed E-state index contributed by atoms with van der Waals surface area (Å²) in [7, 11) is 1.46. The average molecular weight is 259 g/mol. The van der Waals surface area contributed by atoms with Gasteiger partial charge in [-0.1, -0.05) is 31.2 Å². The number of anilines is 1. The summed E-state index contributed by atoms with van der Waals surface area (Å²) in [5.41, 5.74) is 3.30. The fraction of sp³-hybridized carbons (Fsp3) is 0.250. The third-order valence-corrected chi connectivity index (χ3v) is 3.13. The van der Waals surface area contributed by atoms with Gasteiger partial charge in [-0.3, -0.25) is 0 Å². The third-order valence-electron chi connectivity index (χ3n) is 3.13. The lowest BCUT2D eigenvalue weighted by Crippen LogP contribution is -2.03. The molecule has 0 spiro atoms. The number of ether oxygens (including phenoxy) is 1. The fourth-order valence-corrected chi connectivity index (χ4v) is 2.05. The lowest BCUT2D eigenvalue weighted by molar-refractivity contribution is 0.386. The highest BCUT2D eigenvalue weighted by Gasteiger charge is 2.04. The smallest absolute Gasteiger partial charge is 0.167 e. The maximum atomic E-state index is 13.6. The largest absolute Gasteiger partial charge is 0.494 e. The first kappa shape index (κ1) is 13.4. The number of benzene rings is 2. The number of methoxy groups -OCH3 is 1. The second-order valence-electron chi connectivity index (χ2n) is 4.33. The summed E-state index contributed by atoms with van der Waals surface area (Å²) in [5.74, 6) is -0.0872. The molecule has 100 valence electrons. The maximum Gasteiger partial charge on any atom is 0.167 e. The Morgan fingerprint density at radius 1 is 1.11 bits per heavy atom. The van der Waals surface area contributed by atoms with Crippen molar-refractivity contribution < 1.29 is 9.13 Å². The molecule has 0 bridgehead atoms. The monoisotopic (exact) mass is 259 g/mol. The molecule has 1 N–H and O–H groups in total. The molecule has 0 amide bonds. The molecule has 2 aromatic carbocycles. The first-order chi connectivity index (χ1) is 9.24. The van der Waals surface area contributed by atoms with Crippen LogP contribution >= 0.6 is 0 Å². The first-order valence-corrected chi connectivity index (χ1v) is 6.38. The SMILES string of the molecule is CCc1ccccc1CNc1ccc(OC)c(F)c1. The summed E-state index contributed by atoms with van der Waals surface area (Å²) in [5, 5.41) is 3.23. The number of hydrogen-bond donors (Lipinski definition) is 1. The van der Waals surface area contributed by atoms with Crippen LogP contribution in [0.1, 0.15) is 18.1 Å². The van der Waals surface area contributed by atoms with Crippen LogP contribution in [0.25, 0.3) is 0 Å². The molecule has 0 radical (unpaired) electrons. The van der Waals surface area contributed by atoms with Crippen molar-refractivity contribution in [3.8, 4) is 5.75 Å². The summed E-state index contributed by atoms with van der Waals surface area (Å²) < 4.78 is 18.5. The fourth-order valence-electron chi connectivity index (χ4n) is 2.05. The van der Waals surface area contributed by atoms with Gasteiger partial charge in [0.25, 0.3) is 0 Å². The van der Waals surface area contributed by atoms with Crippen molar-refractivity contribution in [3.63, 3.8) is 0 Å². The molecule has 0 saturated heterocycles. The zero-order valence-corrected chi connectivity index (χ0v) is 11.2. The summed E-state index contributed by atoms with van der Waals surface area (Å²) in [4.78, 5) is 0.